The predicted molar refractivity (Wildman–Crippen MR) is 98.3 cm³/mol. The maximum absolute atomic E-state index is 12.7. The summed E-state index contributed by atoms with van der Waals surface area (Å²) in [5, 5.41) is 0. The smallest absolute Gasteiger partial charge is 0.349 e. The highest BCUT2D eigenvalue weighted by atomic mass is 32.1. The van der Waals surface area contributed by atoms with Crippen LogP contribution in [-0.4, -0.2) is 24.5 Å². The van der Waals surface area contributed by atoms with Crippen molar-refractivity contribution in [3.8, 4) is 0 Å². The highest BCUT2D eigenvalue weighted by molar-refractivity contribution is 7.14. The molecule has 1 unspecified atom stereocenters. The number of carbonyl (C=O) groups excluding carboxylic acids is 2. The predicted octanol–water partition coefficient (Wildman–Crippen LogP) is 3.76. The van der Waals surface area contributed by atoms with Crippen LogP contribution < -0.4 is 4.90 Å². The lowest BCUT2D eigenvalue weighted by atomic mass is 9.99. The van der Waals surface area contributed by atoms with E-state index in [-0.39, 0.29) is 11.9 Å². The molecular weight excluding hydrogens is 334 g/mol. The third kappa shape index (κ3) is 3.09. The van der Waals surface area contributed by atoms with E-state index in [1.807, 2.05) is 30.3 Å². The zero-order chi connectivity index (χ0) is 17.4. The van der Waals surface area contributed by atoms with Crippen LogP contribution in [0.2, 0.25) is 0 Å². The van der Waals surface area contributed by atoms with Crippen molar-refractivity contribution in [2.24, 2.45) is 0 Å². The molecule has 0 spiro atoms. The molecule has 2 heterocycles. The molecule has 1 aromatic carbocycles. The average molecular weight is 355 g/mol. The third-order valence-electron chi connectivity index (χ3n) is 4.98. The molecule has 2 aliphatic rings. The number of aryl methyl sites for hydroxylation is 2. The first-order valence-corrected chi connectivity index (χ1v) is 9.67. The second-order valence-electron chi connectivity index (χ2n) is 6.68. The minimum Gasteiger partial charge on any atom is -0.448 e. The molecule has 1 aliphatic carbocycles. The number of anilines is 1. The van der Waals surface area contributed by atoms with Gasteiger partial charge in [0.1, 0.15) is 4.88 Å². The van der Waals surface area contributed by atoms with Gasteiger partial charge in [0, 0.05) is 17.1 Å². The lowest BCUT2D eigenvalue weighted by Gasteiger charge is -2.21. The summed E-state index contributed by atoms with van der Waals surface area (Å²) in [6, 6.07) is 9.84. The SMILES string of the molecule is CC(OC(=O)c1cc2c(s1)CCCC2)C(=O)N1CCc2ccccc21. The van der Waals surface area contributed by atoms with E-state index in [1.165, 1.54) is 40.2 Å². The standard InChI is InChI=1S/C20H21NO3S/c1-13(19(22)21-11-10-14-6-2-4-8-16(14)21)24-20(23)18-12-15-7-3-5-9-17(15)25-18/h2,4,6,8,12-13H,3,5,7,9-11H2,1H3. The molecule has 0 fully saturated rings. The van der Waals surface area contributed by atoms with E-state index in [0.717, 1.165) is 24.9 Å². The summed E-state index contributed by atoms with van der Waals surface area (Å²) in [6.45, 7) is 2.31. The number of ether oxygens (including phenoxy) is 1. The monoisotopic (exact) mass is 355 g/mol. The lowest BCUT2D eigenvalue weighted by molar-refractivity contribution is -0.126. The highest BCUT2D eigenvalue weighted by Gasteiger charge is 2.30. The summed E-state index contributed by atoms with van der Waals surface area (Å²) in [7, 11) is 0. The van der Waals surface area contributed by atoms with Gasteiger partial charge in [0.25, 0.3) is 5.91 Å². The Bertz CT molecular complexity index is 803. The highest BCUT2D eigenvalue weighted by Crippen LogP contribution is 2.31. The van der Waals surface area contributed by atoms with Crippen LogP contribution in [0.15, 0.2) is 30.3 Å². The Morgan fingerprint density at radius 3 is 2.76 bits per heavy atom. The molecule has 0 bridgehead atoms. The minimum absolute atomic E-state index is 0.153. The largest absolute Gasteiger partial charge is 0.448 e. The van der Waals surface area contributed by atoms with Crippen LogP contribution in [0, 0.1) is 0 Å². The number of rotatable bonds is 3. The van der Waals surface area contributed by atoms with Gasteiger partial charge in [-0.05, 0) is 62.3 Å². The first kappa shape index (κ1) is 16.3. The molecule has 1 atom stereocenters. The Hall–Kier alpha value is -2.14. The van der Waals surface area contributed by atoms with Gasteiger partial charge >= 0.3 is 5.97 Å². The van der Waals surface area contributed by atoms with E-state index in [0.29, 0.717) is 11.4 Å². The number of esters is 1. The van der Waals surface area contributed by atoms with Crippen LogP contribution >= 0.6 is 11.3 Å². The number of fused-ring (bicyclic) bond motifs is 2. The van der Waals surface area contributed by atoms with Crippen molar-refractivity contribution in [2.75, 3.05) is 11.4 Å². The lowest BCUT2D eigenvalue weighted by Crippen LogP contribution is -2.39. The Kier molecular flexibility index (Phi) is 4.34. The van der Waals surface area contributed by atoms with Gasteiger partial charge in [-0.1, -0.05) is 18.2 Å². The Morgan fingerprint density at radius 2 is 1.92 bits per heavy atom. The second-order valence-corrected chi connectivity index (χ2v) is 7.82. The van der Waals surface area contributed by atoms with Gasteiger partial charge in [0.2, 0.25) is 0 Å². The molecule has 130 valence electrons. The first-order valence-electron chi connectivity index (χ1n) is 8.85. The van der Waals surface area contributed by atoms with Crippen molar-refractivity contribution in [1.29, 1.82) is 0 Å². The van der Waals surface area contributed by atoms with Crippen molar-refractivity contribution >= 4 is 28.9 Å². The molecule has 0 saturated carbocycles. The first-order chi connectivity index (χ1) is 12.1. The van der Waals surface area contributed by atoms with Gasteiger partial charge in [-0.15, -0.1) is 11.3 Å². The topological polar surface area (TPSA) is 46.6 Å². The fraction of sp³-hybridized carbons (Fsp3) is 0.400. The third-order valence-corrected chi connectivity index (χ3v) is 6.20. The molecule has 1 aromatic heterocycles. The van der Waals surface area contributed by atoms with Gasteiger partial charge in [-0.25, -0.2) is 4.79 Å². The van der Waals surface area contributed by atoms with Crippen molar-refractivity contribution in [3.05, 3.63) is 51.2 Å². The fourth-order valence-electron chi connectivity index (χ4n) is 3.65. The molecule has 2 aromatic rings. The van der Waals surface area contributed by atoms with E-state index in [2.05, 4.69) is 0 Å². The summed E-state index contributed by atoms with van der Waals surface area (Å²) in [5.74, 6) is -0.535. The van der Waals surface area contributed by atoms with Crippen LogP contribution in [0.3, 0.4) is 0 Å². The Balaban J connectivity index is 1.45. The van der Waals surface area contributed by atoms with Gasteiger partial charge in [-0.2, -0.15) is 0 Å². The number of hydrogen-bond acceptors (Lipinski definition) is 4. The molecule has 0 radical (unpaired) electrons. The maximum atomic E-state index is 12.7. The van der Waals surface area contributed by atoms with E-state index in [1.54, 1.807) is 11.8 Å². The molecule has 0 N–H and O–H groups in total. The molecule has 1 aliphatic heterocycles. The van der Waals surface area contributed by atoms with E-state index < -0.39 is 6.10 Å². The summed E-state index contributed by atoms with van der Waals surface area (Å²) in [5.41, 5.74) is 3.37. The molecular formula is C20H21NO3S. The van der Waals surface area contributed by atoms with E-state index in [9.17, 15) is 9.59 Å². The number of thiophene rings is 1. The van der Waals surface area contributed by atoms with Gasteiger partial charge in [-0.3, -0.25) is 4.79 Å². The second kappa shape index (κ2) is 6.64. The molecule has 5 heteroatoms. The number of para-hydroxylation sites is 1. The zero-order valence-electron chi connectivity index (χ0n) is 14.3. The van der Waals surface area contributed by atoms with Crippen LogP contribution in [0.5, 0.6) is 0 Å². The summed E-state index contributed by atoms with van der Waals surface area (Å²) in [4.78, 5) is 28.8. The van der Waals surface area contributed by atoms with Crippen molar-refractivity contribution in [2.45, 2.75) is 45.1 Å². The average Bonchev–Trinajstić information content (AvgIpc) is 3.25. The van der Waals surface area contributed by atoms with Crippen LogP contribution in [0.25, 0.3) is 0 Å². The van der Waals surface area contributed by atoms with Crippen molar-refractivity contribution < 1.29 is 14.3 Å². The van der Waals surface area contributed by atoms with Gasteiger partial charge in [0.15, 0.2) is 6.10 Å². The van der Waals surface area contributed by atoms with Crippen LogP contribution in [-0.2, 0) is 28.8 Å². The Labute approximate surface area is 151 Å². The normalized spacial score (nSPS) is 16.9. The summed E-state index contributed by atoms with van der Waals surface area (Å²) in [6.07, 6.45) is 4.52. The van der Waals surface area contributed by atoms with E-state index >= 15 is 0 Å². The summed E-state index contributed by atoms with van der Waals surface area (Å²) < 4.78 is 5.48. The molecule has 4 nitrogen and oxygen atoms in total. The molecule has 25 heavy (non-hydrogen) atoms. The minimum atomic E-state index is -0.780. The summed E-state index contributed by atoms with van der Waals surface area (Å²) >= 11 is 1.52. The number of amides is 1. The van der Waals surface area contributed by atoms with Gasteiger partial charge < -0.3 is 9.64 Å². The zero-order valence-corrected chi connectivity index (χ0v) is 15.1. The number of nitrogens with zero attached hydrogens (tertiary/aromatic N) is 1. The van der Waals surface area contributed by atoms with Crippen molar-refractivity contribution in [3.63, 3.8) is 0 Å². The fourth-order valence-corrected chi connectivity index (χ4v) is 4.78. The van der Waals surface area contributed by atoms with E-state index in [4.69, 9.17) is 4.74 Å². The quantitative estimate of drug-likeness (QED) is 0.788. The number of benzene rings is 1. The van der Waals surface area contributed by atoms with Gasteiger partial charge in [0.05, 0.1) is 0 Å². The Morgan fingerprint density at radius 1 is 1.12 bits per heavy atom. The van der Waals surface area contributed by atoms with Crippen LogP contribution in [0.1, 0.15) is 45.4 Å². The number of carbonyl (C=O) groups is 2. The van der Waals surface area contributed by atoms with Crippen LogP contribution in [0.4, 0.5) is 5.69 Å². The number of hydrogen-bond donors (Lipinski definition) is 0. The molecule has 4 rings (SSSR count). The van der Waals surface area contributed by atoms with Crippen molar-refractivity contribution in [1.82, 2.24) is 0 Å². The maximum Gasteiger partial charge on any atom is 0.349 e. The molecule has 0 saturated heterocycles. The molecule has 1 amide bonds.